The molecule has 0 aliphatic carbocycles. The molecule has 0 aromatic heterocycles. The van der Waals surface area contributed by atoms with Crippen molar-refractivity contribution in [1.29, 1.82) is 0 Å². The van der Waals surface area contributed by atoms with E-state index in [-0.39, 0.29) is 19.4 Å². The Morgan fingerprint density at radius 2 is 1.81 bits per heavy atom. The van der Waals surface area contributed by atoms with Crippen LogP contribution >= 0.6 is 0 Å². The number of hydrogen-bond acceptors (Lipinski definition) is 5. The zero-order valence-corrected chi connectivity index (χ0v) is 11.4. The first-order chi connectivity index (χ1) is 9.90. The smallest absolute Gasteiger partial charge is 0.241 e. The summed E-state index contributed by atoms with van der Waals surface area (Å²) in [6, 6.07) is 5.58. The second-order valence-corrected chi connectivity index (χ2v) is 4.33. The van der Waals surface area contributed by atoms with Gasteiger partial charge in [0.15, 0.2) is 0 Å². The molecule has 1 aromatic carbocycles. The number of benzene rings is 1. The number of hydrogen-bond donors (Lipinski definition) is 4. The fourth-order valence-corrected chi connectivity index (χ4v) is 1.49. The second kappa shape index (κ2) is 7.85. The molecule has 1 atom stereocenters. The summed E-state index contributed by atoms with van der Waals surface area (Å²) in [7, 11) is 0. The molecule has 0 spiro atoms. The zero-order chi connectivity index (χ0) is 15.8. The monoisotopic (exact) mass is 294 g/mol. The lowest BCUT2D eigenvalue weighted by molar-refractivity contribution is -0.123. The van der Waals surface area contributed by atoms with Crippen LogP contribution in [0.4, 0.5) is 5.69 Å². The summed E-state index contributed by atoms with van der Waals surface area (Å²) >= 11 is 0. The molecule has 0 saturated heterocycles. The van der Waals surface area contributed by atoms with Gasteiger partial charge in [0.2, 0.25) is 17.7 Å². The lowest BCUT2D eigenvalue weighted by Gasteiger charge is -2.14. The van der Waals surface area contributed by atoms with Crippen molar-refractivity contribution < 1.29 is 19.1 Å². The normalized spacial score (nSPS) is 11.5. The van der Waals surface area contributed by atoms with E-state index in [4.69, 9.17) is 21.9 Å². The molecule has 1 rings (SSSR count). The minimum atomic E-state index is -1.04. The minimum Gasteiger partial charge on any atom is -0.491 e. The highest BCUT2D eigenvalue weighted by Gasteiger charge is 2.17. The van der Waals surface area contributed by atoms with Crippen LogP contribution < -0.4 is 27.3 Å². The van der Waals surface area contributed by atoms with Crippen LogP contribution in [0.15, 0.2) is 24.3 Å². The average molecular weight is 294 g/mol. The maximum atomic E-state index is 11.8. The van der Waals surface area contributed by atoms with Gasteiger partial charge in [-0.2, -0.15) is 0 Å². The van der Waals surface area contributed by atoms with E-state index >= 15 is 0 Å². The van der Waals surface area contributed by atoms with Crippen LogP contribution in [0.2, 0.25) is 0 Å². The Balaban J connectivity index is 2.67. The van der Waals surface area contributed by atoms with Crippen molar-refractivity contribution in [2.45, 2.75) is 18.9 Å². The van der Waals surface area contributed by atoms with Gasteiger partial charge in [0.1, 0.15) is 5.75 Å². The molecule has 8 nitrogen and oxygen atoms in total. The van der Waals surface area contributed by atoms with E-state index < -0.39 is 23.8 Å². The molecule has 1 aromatic rings. The fourth-order valence-electron chi connectivity index (χ4n) is 1.49. The van der Waals surface area contributed by atoms with E-state index in [1.54, 1.807) is 24.3 Å². The first-order valence-electron chi connectivity index (χ1n) is 6.25. The van der Waals surface area contributed by atoms with Gasteiger partial charge in [-0.1, -0.05) is 12.1 Å². The van der Waals surface area contributed by atoms with Crippen molar-refractivity contribution in [3.05, 3.63) is 24.3 Å². The molecule has 0 saturated carbocycles. The van der Waals surface area contributed by atoms with E-state index in [0.29, 0.717) is 11.4 Å². The van der Waals surface area contributed by atoms with E-state index in [2.05, 4.69) is 5.32 Å². The van der Waals surface area contributed by atoms with Crippen molar-refractivity contribution in [3.63, 3.8) is 0 Å². The Bertz CT molecular complexity index is 533. The molecular weight excluding hydrogens is 276 g/mol. The van der Waals surface area contributed by atoms with Gasteiger partial charge in [0, 0.05) is 0 Å². The summed E-state index contributed by atoms with van der Waals surface area (Å²) in [6.07, 6.45) is -0.194. The number of nitrogens with two attached hydrogens (primary N) is 3. The molecule has 8 heteroatoms. The molecule has 1 unspecified atom stereocenters. The van der Waals surface area contributed by atoms with Gasteiger partial charge in [-0.25, -0.2) is 0 Å². The number of nitrogens with one attached hydrogen (secondary N) is 1. The van der Waals surface area contributed by atoms with Crippen LogP contribution in [0.5, 0.6) is 5.75 Å². The molecule has 114 valence electrons. The average Bonchev–Trinajstić information content (AvgIpc) is 2.39. The number of para-hydroxylation sites is 2. The van der Waals surface area contributed by atoms with E-state index in [0.717, 1.165) is 0 Å². The molecule has 0 fully saturated rings. The molecule has 0 aliphatic rings. The third kappa shape index (κ3) is 5.91. The maximum absolute atomic E-state index is 11.8. The predicted molar refractivity (Wildman–Crippen MR) is 76.2 cm³/mol. The number of carbonyl (C=O) groups is 3. The highest BCUT2D eigenvalue weighted by molar-refractivity contribution is 5.98. The third-order valence-corrected chi connectivity index (χ3v) is 2.51. The second-order valence-electron chi connectivity index (χ2n) is 4.33. The summed E-state index contributed by atoms with van der Waals surface area (Å²) in [5.41, 5.74) is 15.9. The van der Waals surface area contributed by atoms with Crippen LogP contribution in [-0.2, 0) is 14.4 Å². The summed E-state index contributed by atoms with van der Waals surface area (Å²) in [6.45, 7) is 0.0928. The minimum absolute atomic E-state index is 0.0590. The predicted octanol–water partition coefficient (Wildman–Crippen LogP) is -0.918. The Labute approximate surface area is 121 Å². The van der Waals surface area contributed by atoms with Crippen LogP contribution in [0, 0.1) is 0 Å². The van der Waals surface area contributed by atoms with Crippen LogP contribution in [0.3, 0.4) is 0 Å². The van der Waals surface area contributed by atoms with Gasteiger partial charge in [-0.3, -0.25) is 14.4 Å². The first kappa shape index (κ1) is 16.4. The highest BCUT2D eigenvalue weighted by atomic mass is 16.5. The number of ether oxygens (including phenoxy) is 1. The summed E-state index contributed by atoms with van der Waals surface area (Å²) < 4.78 is 5.36. The largest absolute Gasteiger partial charge is 0.491 e. The van der Waals surface area contributed by atoms with Crippen molar-refractivity contribution >= 4 is 23.4 Å². The number of anilines is 1. The van der Waals surface area contributed by atoms with Gasteiger partial charge >= 0.3 is 0 Å². The first-order valence-corrected chi connectivity index (χ1v) is 6.25. The Kier molecular flexibility index (Phi) is 6.15. The topological polar surface area (TPSA) is 151 Å². The third-order valence-electron chi connectivity index (χ3n) is 2.51. The van der Waals surface area contributed by atoms with Crippen LogP contribution in [-0.4, -0.2) is 30.4 Å². The fraction of sp³-hybridized carbons (Fsp3) is 0.308. The lowest BCUT2D eigenvalue weighted by atomic mass is 10.2. The van der Waals surface area contributed by atoms with Crippen molar-refractivity contribution in [1.82, 2.24) is 0 Å². The van der Waals surface area contributed by atoms with Crippen molar-refractivity contribution in [2.24, 2.45) is 17.2 Å². The van der Waals surface area contributed by atoms with Crippen molar-refractivity contribution in [3.8, 4) is 5.75 Å². The summed E-state index contributed by atoms with van der Waals surface area (Å²) in [5.74, 6) is -1.33. The van der Waals surface area contributed by atoms with Crippen molar-refractivity contribution in [2.75, 3.05) is 11.9 Å². The molecular formula is C13H18N4O4. The quantitative estimate of drug-likeness (QED) is 0.489. The molecule has 3 amide bonds. The molecule has 0 aliphatic heterocycles. The molecule has 7 N–H and O–H groups in total. The van der Waals surface area contributed by atoms with Crippen LogP contribution in [0.25, 0.3) is 0 Å². The Hall–Kier alpha value is -2.61. The van der Waals surface area contributed by atoms with E-state index in [1.165, 1.54) is 0 Å². The number of primary amides is 2. The molecule has 0 radical (unpaired) electrons. The molecule has 0 bridgehead atoms. The van der Waals surface area contributed by atoms with E-state index in [9.17, 15) is 14.4 Å². The van der Waals surface area contributed by atoms with Crippen LogP contribution in [0.1, 0.15) is 12.8 Å². The highest BCUT2D eigenvalue weighted by Crippen LogP contribution is 2.24. The maximum Gasteiger partial charge on any atom is 0.241 e. The van der Waals surface area contributed by atoms with Gasteiger partial charge in [0.25, 0.3) is 0 Å². The lowest BCUT2D eigenvalue weighted by Crippen LogP contribution is -2.39. The van der Waals surface area contributed by atoms with E-state index in [1.807, 2.05) is 0 Å². The number of carbonyl (C=O) groups excluding carboxylic acids is 3. The van der Waals surface area contributed by atoms with Gasteiger partial charge < -0.3 is 27.3 Å². The number of rotatable bonds is 8. The zero-order valence-electron chi connectivity index (χ0n) is 11.4. The summed E-state index contributed by atoms with van der Waals surface area (Å²) in [5, 5.41) is 2.54. The molecule has 21 heavy (non-hydrogen) atoms. The van der Waals surface area contributed by atoms with Gasteiger partial charge in [-0.15, -0.1) is 0 Å². The summed E-state index contributed by atoms with van der Waals surface area (Å²) in [4.78, 5) is 33.2. The Morgan fingerprint density at radius 3 is 2.43 bits per heavy atom. The van der Waals surface area contributed by atoms with Gasteiger partial charge in [0.05, 0.1) is 31.2 Å². The van der Waals surface area contributed by atoms with Gasteiger partial charge in [-0.05, 0) is 12.1 Å². The Morgan fingerprint density at radius 1 is 1.14 bits per heavy atom. The standard InChI is InChI=1S/C13H18N4O4/c14-8(7-12(16)19)13(20)17-9-3-1-2-4-10(9)21-6-5-11(15)18/h1-4,8H,5-7,14H2,(H2,15,18)(H2,16,19)(H,17,20). The molecule has 0 heterocycles. The number of amides is 3. The SMILES string of the molecule is NC(=O)CCOc1ccccc1NC(=O)C(N)CC(N)=O.